The molecule has 148 valence electrons. The molecule has 0 radical (unpaired) electrons. The Labute approximate surface area is 172 Å². The third-order valence-electron chi connectivity index (χ3n) is 5.68. The lowest BCUT2D eigenvalue weighted by Gasteiger charge is -2.40. The Balaban J connectivity index is 1.58. The Morgan fingerprint density at radius 1 is 1.24 bits per heavy atom. The molecule has 3 heterocycles. The van der Waals surface area contributed by atoms with Crippen LogP contribution in [0.15, 0.2) is 72.8 Å². The Morgan fingerprint density at radius 3 is 2.86 bits per heavy atom. The molecule has 0 aliphatic carbocycles. The molecule has 0 amide bonds. The van der Waals surface area contributed by atoms with Gasteiger partial charge in [-0.3, -0.25) is 0 Å². The number of likely N-dealkylation sites (tertiary alicyclic amines) is 1. The summed E-state index contributed by atoms with van der Waals surface area (Å²) in [6.07, 6.45) is 7.52. The van der Waals surface area contributed by atoms with Crippen molar-refractivity contribution in [1.82, 2.24) is 19.8 Å². The van der Waals surface area contributed by atoms with Gasteiger partial charge in [-0.1, -0.05) is 43.0 Å². The Morgan fingerprint density at radius 2 is 2.10 bits per heavy atom. The molecule has 2 aliphatic heterocycles. The standard InChI is InChI=1S/C24H27N5/c1-17-7-5-8-20(13-17)19(3)21-9-6-12-29(15-21)24-27-23(14-18(2)28(24)4)22-10-11-25-16-26-22/h5,7-8,10-11,13-14,16,21H,2-3,6,9,12,15H2,1,4H3. The van der Waals surface area contributed by atoms with Gasteiger partial charge >= 0.3 is 0 Å². The lowest BCUT2D eigenvalue weighted by molar-refractivity contribution is 0.275. The molecule has 0 spiro atoms. The monoisotopic (exact) mass is 385 g/mol. The van der Waals surface area contributed by atoms with Crippen molar-refractivity contribution in [2.45, 2.75) is 19.8 Å². The summed E-state index contributed by atoms with van der Waals surface area (Å²) in [7, 11) is 2.02. The van der Waals surface area contributed by atoms with E-state index in [1.54, 1.807) is 12.5 Å². The molecule has 0 saturated carbocycles. The van der Waals surface area contributed by atoms with E-state index in [0.717, 1.165) is 49.0 Å². The van der Waals surface area contributed by atoms with Gasteiger partial charge < -0.3 is 9.80 Å². The van der Waals surface area contributed by atoms with Crippen LogP contribution in [0.25, 0.3) is 11.3 Å². The van der Waals surface area contributed by atoms with E-state index in [1.807, 2.05) is 19.2 Å². The fourth-order valence-corrected chi connectivity index (χ4v) is 3.98. The molecule has 2 aromatic rings. The highest BCUT2D eigenvalue weighted by molar-refractivity contribution is 5.91. The minimum atomic E-state index is 0.406. The number of likely N-dealkylation sites (N-methyl/N-ethyl adjacent to an activating group) is 1. The molecule has 1 aromatic carbocycles. The average molecular weight is 386 g/mol. The molecule has 1 saturated heterocycles. The quantitative estimate of drug-likeness (QED) is 0.787. The van der Waals surface area contributed by atoms with Crippen LogP contribution in [-0.4, -0.2) is 45.9 Å². The topological polar surface area (TPSA) is 44.6 Å². The number of aromatic nitrogens is 2. The summed E-state index contributed by atoms with van der Waals surface area (Å²) in [6.45, 7) is 12.7. The van der Waals surface area contributed by atoms with E-state index < -0.39 is 0 Å². The number of allylic oxidation sites excluding steroid dienone is 1. The minimum Gasteiger partial charge on any atom is -0.342 e. The van der Waals surface area contributed by atoms with Crippen molar-refractivity contribution in [3.8, 4) is 0 Å². The van der Waals surface area contributed by atoms with Gasteiger partial charge in [0.1, 0.15) is 6.33 Å². The lowest BCUT2D eigenvalue weighted by atomic mass is 9.87. The van der Waals surface area contributed by atoms with Crippen LogP contribution in [0.2, 0.25) is 0 Å². The first kappa shape index (κ1) is 19.1. The first-order valence-corrected chi connectivity index (χ1v) is 10.0. The van der Waals surface area contributed by atoms with E-state index in [1.165, 1.54) is 16.7 Å². The number of piperidine rings is 1. The lowest BCUT2D eigenvalue weighted by Crippen LogP contribution is -2.47. The van der Waals surface area contributed by atoms with Crippen LogP contribution >= 0.6 is 0 Å². The maximum atomic E-state index is 4.94. The van der Waals surface area contributed by atoms with Crippen molar-refractivity contribution in [1.29, 1.82) is 0 Å². The van der Waals surface area contributed by atoms with Crippen LogP contribution in [-0.2, 0) is 0 Å². The van der Waals surface area contributed by atoms with E-state index >= 15 is 0 Å². The first-order valence-electron chi connectivity index (χ1n) is 10.0. The SMILES string of the molecule is C=C(c1cccc(C)c1)C1CCCN(C2=NC(c3ccncn3)=CC(=C)N2C)C1. The number of hydrogen-bond donors (Lipinski definition) is 0. The second-order valence-electron chi connectivity index (χ2n) is 7.77. The van der Waals surface area contributed by atoms with Crippen LogP contribution in [0.1, 0.15) is 29.7 Å². The maximum Gasteiger partial charge on any atom is 0.206 e. The summed E-state index contributed by atoms with van der Waals surface area (Å²) in [6, 6.07) is 10.5. The summed E-state index contributed by atoms with van der Waals surface area (Å²) in [5.74, 6) is 1.33. The van der Waals surface area contributed by atoms with Gasteiger partial charge in [-0.05, 0) is 43.0 Å². The second kappa shape index (κ2) is 8.03. The highest BCUT2D eigenvalue weighted by atomic mass is 15.4. The predicted molar refractivity (Wildman–Crippen MR) is 119 cm³/mol. The van der Waals surface area contributed by atoms with Gasteiger partial charge in [0, 0.05) is 37.9 Å². The summed E-state index contributed by atoms with van der Waals surface area (Å²) < 4.78 is 0. The summed E-state index contributed by atoms with van der Waals surface area (Å²) in [4.78, 5) is 17.7. The van der Waals surface area contributed by atoms with Crippen LogP contribution in [0.3, 0.4) is 0 Å². The third-order valence-corrected chi connectivity index (χ3v) is 5.68. The average Bonchev–Trinajstić information content (AvgIpc) is 2.75. The van der Waals surface area contributed by atoms with Gasteiger partial charge in [0.2, 0.25) is 5.96 Å². The molecule has 4 rings (SSSR count). The van der Waals surface area contributed by atoms with Crippen molar-refractivity contribution in [3.63, 3.8) is 0 Å². The van der Waals surface area contributed by atoms with Crippen molar-refractivity contribution >= 4 is 17.2 Å². The molecular weight excluding hydrogens is 358 g/mol. The molecular formula is C24H27N5. The van der Waals surface area contributed by atoms with Crippen molar-refractivity contribution < 1.29 is 0 Å². The minimum absolute atomic E-state index is 0.406. The molecule has 0 N–H and O–H groups in total. The molecule has 1 aromatic heterocycles. The van der Waals surface area contributed by atoms with Gasteiger partial charge in [0.25, 0.3) is 0 Å². The summed E-state index contributed by atoms with van der Waals surface area (Å²) in [5.41, 5.74) is 6.26. The molecule has 29 heavy (non-hydrogen) atoms. The fraction of sp³-hybridized carbons (Fsp3) is 0.292. The van der Waals surface area contributed by atoms with Gasteiger partial charge in [-0.25, -0.2) is 15.0 Å². The molecule has 5 nitrogen and oxygen atoms in total. The van der Waals surface area contributed by atoms with Crippen LogP contribution in [0.5, 0.6) is 0 Å². The van der Waals surface area contributed by atoms with Gasteiger partial charge in [-0.15, -0.1) is 0 Å². The molecule has 1 atom stereocenters. The molecule has 1 fully saturated rings. The number of nitrogens with zero attached hydrogens (tertiary/aromatic N) is 5. The normalized spacial score (nSPS) is 19.7. The zero-order valence-electron chi connectivity index (χ0n) is 17.2. The summed E-state index contributed by atoms with van der Waals surface area (Å²) in [5, 5.41) is 0. The highest BCUT2D eigenvalue weighted by Crippen LogP contribution is 2.32. The maximum absolute atomic E-state index is 4.94. The number of aliphatic imine (C=N–C) groups is 1. The Bertz CT molecular complexity index is 989. The van der Waals surface area contributed by atoms with Crippen LogP contribution in [0, 0.1) is 12.8 Å². The van der Waals surface area contributed by atoms with E-state index in [9.17, 15) is 0 Å². The largest absolute Gasteiger partial charge is 0.342 e. The zero-order chi connectivity index (χ0) is 20.4. The Kier molecular flexibility index (Phi) is 5.30. The smallest absolute Gasteiger partial charge is 0.206 e. The van der Waals surface area contributed by atoms with E-state index in [0.29, 0.717) is 5.92 Å². The second-order valence-corrected chi connectivity index (χ2v) is 7.77. The number of hydrogen-bond acceptors (Lipinski definition) is 5. The highest BCUT2D eigenvalue weighted by Gasteiger charge is 2.29. The van der Waals surface area contributed by atoms with Crippen molar-refractivity contribution in [2.75, 3.05) is 20.1 Å². The van der Waals surface area contributed by atoms with Crippen molar-refractivity contribution in [2.24, 2.45) is 10.9 Å². The van der Waals surface area contributed by atoms with E-state index in [2.05, 4.69) is 64.1 Å². The van der Waals surface area contributed by atoms with Gasteiger partial charge in [0.05, 0.1) is 11.4 Å². The number of guanidine groups is 1. The molecule has 0 bridgehead atoms. The predicted octanol–water partition coefficient (Wildman–Crippen LogP) is 4.37. The Hall–Kier alpha value is -3.21. The van der Waals surface area contributed by atoms with Crippen molar-refractivity contribution in [3.05, 3.63) is 84.6 Å². The van der Waals surface area contributed by atoms with Gasteiger partial charge in [-0.2, -0.15) is 0 Å². The molecule has 2 aliphatic rings. The fourth-order valence-electron chi connectivity index (χ4n) is 3.98. The van der Waals surface area contributed by atoms with Crippen LogP contribution in [0.4, 0.5) is 0 Å². The summed E-state index contributed by atoms with van der Waals surface area (Å²) >= 11 is 0. The van der Waals surface area contributed by atoms with Crippen LogP contribution < -0.4 is 0 Å². The third kappa shape index (κ3) is 3.99. The van der Waals surface area contributed by atoms with E-state index in [4.69, 9.17) is 4.99 Å². The molecule has 5 heteroatoms. The molecule has 1 unspecified atom stereocenters. The van der Waals surface area contributed by atoms with E-state index in [-0.39, 0.29) is 0 Å². The number of benzene rings is 1. The zero-order valence-corrected chi connectivity index (χ0v) is 17.2. The van der Waals surface area contributed by atoms with Gasteiger partial charge in [0.15, 0.2) is 0 Å². The number of aryl methyl sites for hydroxylation is 1. The first-order chi connectivity index (χ1) is 14.0. The number of rotatable bonds is 3.